The molecular formula is C15H9ClN2O2S. The summed E-state index contributed by atoms with van der Waals surface area (Å²) >= 11 is 7.17. The van der Waals surface area contributed by atoms with E-state index in [2.05, 4.69) is 9.97 Å². The fraction of sp³-hybridized carbons (Fsp3) is 0. The highest BCUT2D eigenvalue weighted by atomic mass is 35.5. The Morgan fingerprint density at radius 3 is 2.52 bits per heavy atom. The average Bonchev–Trinajstić information content (AvgIpc) is 2.94. The van der Waals surface area contributed by atoms with Crippen molar-refractivity contribution in [1.29, 1.82) is 0 Å². The standard InChI is InChI=1S/C15H9ClN2O2S/c16-10-7-4-8-17-12(10)14-18-11(13(21-14)15(19)20)9-5-2-1-3-6-9/h1-8H,(H,19,20). The number of halogens is 1. The Morgan fingerprint density at radius 2 is 1.86 bits per heavy atom. The summed E-state index contributed by atoms with van der Waals surface area (Å²) in [6.45, 7) is 0. The number of benzene rings is 1. The molecule has 21 heavy (non-hydrogen) atoms. The molecular weight excluding hydrogens is 308 g/mol. The third-order valence-corrected chi connectivity index (χ3v) is 4.18. The van der Waals surface area contributed by atoms with Crippen molar-refractivity contribution in [2.75, 3.05) is 0 Å². The van der Waals surface area contributed by atoms with E-state index in [-0.39, 0.29) is 4.88 Å². The summed E-state index contributed by atoms with van der Waals surface area (Å²) in [6.07, 6.45) is 1.60. The first-order valence-corrected chi connectivity index (χ1v) is 7.26. The number of rotatable bonds is 3. The van der Waals surface area contributed by atoms with Gasteiger partial charge in [-0.15, -0.1) is 11.3 Å². The molecule has 0 aliphatic rings. The molecule has 0 saturated carbocycles. The molecule has 2 heterocycles. The number of thiazole rings is 1. The molecule has 0 fully saturated rings. The highest BCUT2D eigenvalue weighted by molar-refractivity contribution is 7.17. The second-order valence-corrected chi connectivity index (χ2v) is 5.61. The van der Waals surface area contributed by atoms with Gasteiger partial charge in [-0.2, -0.15) is 0 Å². The van der Waals surface area contributed by atoms with Gasteiger partial charge in [0.2, 0.25) is 0 Å². The highest BCUT2D eigenvalue weighted by Crippen LogP contribution is 2.35. The van der Waals surface area contributed by atoms with Crippen LogP contribution in [0.25, 0.3) is 22.0 Å². The summed E-state index contributed by atoms with van der Waals surface area (Å²) in [5.74, 6) is -1.01. The Morgan fingerprint density at radius 1 is 1.10 bits per heavy atom. The largest absolute Gasteiger partial charge is 0.477 e. The van der Waals surface area contributed by atoms with Gasteiger partial charge in [0.05, 0.1) is 10.7 Å². The Labute approximate surface area is 129 Å². The predicted molar refractivity (Wildman–Crippen MR) is 82.8 cm³/mol. The lowest BCUT2D eigenvalue weighted by Gasteiger charge is -1.98. The van der Waals surface area contributed by atoms with Crippen LogP contribution in [0.3, 0.4) is 0 Å². The molecule has 0 aliphatic carbocycles. The van der Waals surface area contributed by atoms with Gasteiger partial charge in [-0.1, -0.05) is 41.9 Å². The Bertz CT molecular complexity index is 802. The monoisotopic (exact) mass is 316 g/mol. The van der Waals surface area contributed by atoms with E-state index in [9.17, 15) is 9.90 Å². The number of aromatic nitrogens is 2. The van der Waals surface area contributed by atoms with Crippen LogP contribution in [0.1, 0.15) is 9.67 Å². The van der Waals surface area contributed by atoms with Gasteiger partial charge < -0.3 is 5.11 Å². The van der Waals surface area contributed by atoms with Gasteiger partial charge in [-0.3, -0.25) is 4.98 Å². The number of aromatic carboxylic acids is 1. The van der Waals surface area contributed by atoms with E-state index in [1.165, 1.54) is 0 Å². The van der Waals surface area contributed by atoms with Crippen LogP contribution in [0.15, 0.2) is 48.7 Å². The first kappa shape index (κ1) is 13.7. The number of hydrogen-bond donors (Lipinski definition) is 1. The minimum atomic E-state index is -1.01. The van der Waals surface area contributed by atoms with Crippen molar-refractivity contribution < 1.29 is 9.90 Å². The minimum Gasteiger partial charge on any atom is -0.477 e. The van der Waals surface area contributed by atoms with Crippen molar-refractivity contribution in [3.63, 3.8) is 0 Å². The quantitative estimate of drug-likeness (QED) is 0.785. The van der Waals surface area contributed by atoms with Crippen molar-refractivity contribution in [3.8, 4) is 22.0 Å². The molecule has 4 nitrogen and oxygen atoms in total. The third kappa shape index (κ3) is 2.66. The maximum absolute atomic E-state index is 11.4. The lowest BCUT2D eigenvalue weighted by Crippen LogP contribution is -1.95. The lowest BCUT2D eigenvalue weighted by atomic mass is 10.1. The van der Waals surface area contributed by atoms with Gasteiger partial charge in [0.1, 0.15) is 15.6 Å². The number of carbonyl (C=O) groups is 1. The molecule has 104 valence electrons. The fourth-order valence-electron chi connectivity index (χ4n) is 1.90. The van der Waals surface area contributed by atoms with Gasteiger partial charge in [0.25, 0.3) is 0 Å². The molecule has 0 radical (unpaired) electrons. The van der Waals surface area contributed by atoms with Gasteiger partial charge in [-0.25, -0.2) is 9.78 Å². The van der Waals surface area contributed by atoms with E-state index < -0.39 is 5.97 Å². The zero-order valence-electron chi connectivity index (χ0n) is 10.7. The van der Waals surface area contributed by atoms with Crippen LogP contribution in [0.4, 0.5) is 0 Å². The summed E-state index contributed by atoms with van der Waals surface area (Å²) in [6, 6.07) is 12.6. The van der Waals surface area contributed by atoms with Gasteiger partial charge in [0.15, 0.2) is 0 Å². The topological polar surface area (TPSA) is 63.1 Å². The van der Waals surface area contributed by atoms with Crippen molar-refractivity contribution in [2.45, 2.75) is 0 Å². The number of pyridine rings is 1. The van der Waals surface area contributed by atoms with Gasteiger partial charge in [0, 0.05) is 11.8 Å². The SMILES string of the molecule is O=C(O)c1sc(-c2ncccc2Cl)nc1-c1ccccc1. The van der Waals surface area contributed by atoms with Gasteiger partial charge in [-0.05, 0) is 12.1 Å². The van der Waals surface area contributed by atoms with Crippen molar-refractivity contribution in [2.24, 2.45) is 0 Å². The molecule has 0 aliphatic heterocycles. The van der Waals surface area contributed by atoms with Crippen LogP contribution in [-0.4, -0.2) is 21.0 Å². The highest BCUT2D eigenvalue weighted by Gasteiger charge is 2.21. The summed E-state index contributed by atoms with van der Waals surface area (Å²) in [5, 5.41) is 10.3. The Balaban J connectivity index is 2.18. The Hall–Kier alpha value is -2.24. The molecule has 0 amide bonds. The first-order chi connectivity index (χ1) is 10.2. The number of hydrogen-bond acceptors (Lipinski definition) is 4. The molecule has 0 unspecified atom stereocenters. The van der Waals surface area contributed by atoms with Crippen LogP contribution < -0.4 is 0 Å². The predicted octanol–water partition coefficient (Wildman–Crippen LogP) is 4.22. The molecule has 3 aromatic rings. The van der Waals surface area contributed by atoms with E-state index in [0.717, 1.165) is 16.9 Å². The second-order valence-electron chi connectivity index (χ2n) is 4.20. The van der Waals surface area contributed by atoms with E-state index >= 15 is 0 Å². The van der Waals surface area contributed by atoms with Crippen LogP contribution >= 0.6 is 22.9 Å². The summed E-state index contributed by atoms with van der Waals surface area (Å²) in [7, 11) is 0. The summed E-state index contributed by atoms with van der Waals surface area (Å²) in [5.41, 5.74) is 1.68. The average molecular weight is 317 g/mol. The first-order valence-electron chi connectivity index (χ1n) is 6.07. The number of nitrogens with zero attached hydrogens (tertiary/aromatic N) is 2. The molecule has 0 spiro atoms. The number of carboxylic acid groups (broad SMARTS) is 1. The molecule has 0 saturated heterocycles. The molecule has 1 N–H and O–H groups in total. The second kappa shape index (κ2) is 5.63. The zero-order valence-corrected chi connectivity index (χ0v) is 12.2. The molecule has 2 aromatic heterocycles. The summed E-state index contributed by atoms with van der Waals surface area (Å²) < 4.78 is 0. The van der Waals surface area contributed by atoms with Crippen LogP contribution in [0.5, 0.6) is 0 Å². The van der Waals surface area contributed by atoms with Gasteiger partial charge >= 0.3 is 5.97 Å². The Kier molecular flexibility index (Phi) is 3.68. The normalized spacial score (nSPS) is 10.5. The van der Waals surface area contributed by atoms with Crippen LogP contribution in [0, 0.1) is 0 Å². The molecule has 6 heteroatoms. The maximum atomic E-state index is 11.4. The molecule has 0 atom stereocenters. The molecule has 3 rings (SSSR count). The third-order valence-electron chi connectivity index (χ3n) is 2.83. The summed E-state index contributed by atoms with van der Waals surface area (Å²) in [4.78, 5) is 20.2. The lowest BCUT2D eigenvalue weighted by molar-refractivity contribution is 0.0702. The fourth-order valence-corrected chi connectivity index (χ4v) is 3.11. The van der Waals surface area contributed by atoms with Crippen LogP contribution in [-0.2, 0) is 0 Å². The smallest absolute Gasteiger partial charge is 0.348 e. The van der Waals surface area contributed by atoms with E-state index in [4.69, 9.17) is 11.6 Å². The molecule has 0 bridgehead atoms. The van der Waals surface area contributed by atoms with E-state index in [0.29, 0.717) is 21.4 Å². The van der Waals surface area contributed by atoms with Crippen molar-refractivity contribution in [3.05, 3.63) is 58.6 Å². The maximum Gasteiger partial charge on any atom is 0.348 e. The van der Waals surface area contributed by atoms with Crippen molar-refractivity contribution >= 4 is 28.9 Å². The zero-order chi connectivity index (χ0) is 14.8. The van der Waals surface area contributed by atoms with E-state index in [1.807, 2.05) is 30.3 Å². The molecule has 1 aromatic carbocycles. The minimum absolute atomic E-state index is 0.179. The van der Waals surface area contributed by atoms with E-state index in [1.54, 1.807) is 18.3 Å². The number of carboxylic acids is 1. The van der Waals surface area contributed by atoms with Crippen LogP contribution in [0.2, 0.25) is 5.02 Å². The van der Waals surface area contributed by atoms with Crippen molar-refractivity contribution in [1.82, 2.24) is 9.97 Å².